The van der Waals surface area contributed by atoms with Gasteiger partial charge in [-0.15, -0.1) is 0 Å². The van der Waals surface area contributed by atoms with E-state index in [1.54, 1.807) is 0 Å². The van der Waals surface area contributed by atoms with Crippen molar-refractivity contribution in [2.75, 3.05) is 38.5 Å². The lowest BCUT2D eigenvalue weighted by Crippen LogP contribution is -2.46. The summed E-state index contributed by atoms with van der Waals surface area (Å²) in [5.41, 5.74) is 8.16. The van der Waals surface area contributed by atoms with Gasteiger partial charge in [-0.1, -0.05) is 25.1 Å². The Morgan fingerprint density at radius 2 is 1.71 bits per heavy atom. The first-order valence-corrected chi connectivity index (χ1v) is 6.57. The molecule has 0 bridgehead atoms. The SMILES string of the molecule is CCCN1CCN(Cc2ccccc2N)CC1. The molecule has 0 amide bonds. The first-order valence-electron chi connectivity index (χ1n) is 6.57. The van der Waals surface area contributed by atoms with Crippen molar-refractivity contribution in [3.8, 4) is 0 Å². The fourth-order valence-electron chi connectivity index (χ4n) is 2.41. The van der Waals surface area contributed by atoms with Crippen molar-refractivity contribution >= 4 is 5.69 Å². The maximum atomic E-state index is 5.98. The van der Waals surface area contributed by atoms with Gasteiger partial charge in [0.2, 0.25) is 0 Å². The predicted molar refractivity (Wildman–Crippen MR) is 72.9 cm³/mol. The molecule has 3 nitrogen and oxygen atoms in total. The fraction of sp³-hybridized carbons (Fsp3) is 0.571. The van der Waals surface area contributed by atoms with E-state index >= 15 is 0 Å². The summed E-state index contributed by atoms with van der Waals surface area (Å²) < 4.78 is 0. The number of nitrogen functional groups attached to an aromatic ring is 1. The molecule has 0 saturated carbocycles. The second kappa shape index (κ2) is 6.03. The molecule has 1 aliphatic rings. The largest absolute Gasteiger partial charge is 0.398 e. The second-order valence-electron chi connectivity index (χ2n) is 4.82. The Bertz CT molecular complexity index is 343. The molecular weight excluding hydrogens is 210 g/mol. The van der Waals surface area contributed by atoms with Crippen LogP contribution in [-0.4, -0.2) is 42.5 Å². The van der Waals surface area contributed by atoms with E-state index in [-0.39, 0.29) is 0 Å². The van der Waals surface area contributed by atoms with E-state index in [9.17, 15) is 0 Å². The number of hydrogen-bond donors (Lipinski definition) is 1. The van der Waals surface area contributed by atoms with Gasteiger partial charge in [0.25, 0.3) is 0 Å². The van der Waals surface area contributed by atoms with Crippen molar-refractivity contribution in [3.05, 3.63) is 29.8 Å². The average molecular weight is 233 g/mol. The van der Waals surface area contributed by atoms with Crippen LogP contribution in [-0.2, 0) is 6.54 Å². The summed E-state index contributed by atoms with van der Waals surface area (Å²) in [6.45, 7) is 9.19. The molecule has 1 aromatic carbocycles. The fourth-order valence-corrected chi connectivity index (χ4v) is 2.41. The molecule has 0 atom stereocenters. The lowest BCUT2D eigenvalue weighted by atomic mass is 10.1. The standard InChI is InChI=1S/C14H23N3/c1-2-7-16-8-10-17(11-9-16)12-13-5-3-4-6-14(13)15/h3-6H,2,7-12,15H2,1H3. The molecule has 2 rings (SSSR count). The number of nitrogens with two attached hydrogens (primary N) is 1. The minimum Gasteiger partial charge on any atom is -0.398 e. The molecule has 0 spiro atoms. The average Bonchev–Trinajstić information content (AvgIpc) is 2.35. The maximum absolute atomic E-state index is 5.98. The van der Waals surface area contributed by atoms with E-state index in [0.29, 0.717) is 0 Å². The van der Waals surface area contributed by atoms with Crippen LogP contribution < -0.4 is 5.73 Å². The number of para-hydroxylation sites is 1. The van der Waals surface area contributed by atoms with Crippen LogP contribution in [0.15, 0.2) is 24.3 Å². The highest BCUT2D eigenvalue weighted by Gasteiger charge is 2.16. The van der Waals surface area contributed by atoms with Crippen molar-refractivity contribution in [1.82, 2.24) is 9.80 Å². The Hall–Kier alpha value is -1.06. The van der Waals surface area contributed by atoms with E-state index in [2.05, 4.69) is 28.9 Å². The predicted octanol–water partition coefficient (Wildman–Crippen LogP) is 1.80. The van der Waals surface area contributed by atoms with Crippen LogP contribution in [0.1, 0.15) is 18.9 Å². The Kier molecular flexibility index (Phi) is 4.40. The van der Waals surface area contributed by atoms with Crippen LogP contribution in [0.2, 0.25) is 0 Å². The normalized spacial score (nSPS) is 18.4. The Labute approximate surface area is 104 Å². The maximum Gasteiger partial charge on any atom is 0.0359 e. The van der Waals surface area contributed by atoms with Crippen LogP contribution in [0.3, 0.4) is 0 Å². The number of hydrogen-bond acceptors (Lipinski definition) is 3. The zero-order valence-corrected chi connectivity index (χ0v) is 10.7. The van der Waals surface area contributed by atoms with Crippen molar-refractivity contribution < 1.29 is 0 Å². The van der Waals surface area contributed by atoms with Crippen molar-refractivity contribution in [1.29, 1.82) is 0 Å². The summed E-state index contributed by atoms with van der Waals surface area (Å²) in [6, 6.07) is 8.19. The van der Waals surface area contributed by atoms with Gasteiger partial charge in [0.05, 0.1) is 0 Å². The molecule has 1 aliphatic heterocycles. The molecule has 2 N–H and O–H groups in total. The first-order chi connectivity index (χ1) is 8.29. The highest BCUT2D eigenvalue weighted by atomic mass is 15.3. The van der Waals surface area contributed by atoms with Gasteiger partial charge >= 0.3 is 0 Å². The first kappa shape index (κ1) is 12.4. The van der Waals surface area contributed by atoms with E-state index in [4.69, 9.17) is 5.73 Å². The summed E-state index contributed by atoms with van der Waals surface area (Å²) in [5.74, 6) is 0. The molecule has 1 aromatic rings. The molecule has 1 fully saturated rings. The quantitative estimate of drug-likeness (QED) is 0.805. The monoisotopic (exact) mass is 233 g/mol. The number of piperazine rings is 1. The molecule has 1 heterocycles. The zero-order valence-electron chi connectivity index (χ0n) is 10.7. The minimum absolute atomic E-state index is 0.920. The van der Waals surface area contributed by atoms with Gasteiger partial charge in [-0.05, 0) is 24.6 Å². The molecule has 17 heavy (non-hydrogen) atoms. The third-order valence-corrected chi connectivity index (χ3v) is 3.45. The third-order valence-electron chi connectivity index (χ3n) is 3.45. The topological polar surface area (TPSA) is 32.5 Å². The number of rotatable bonds is 4. The van der Waals surface area contributed by atoms with Crippen LogP contribution >= 0.6 is 0 Å². The summed E-state index contributed by atoms with van der Waals surface area (Å²) in [6.07, 6.45) is 1.26. The molecule has 0 aromatic heterocycles. The van der Waals surface area contributed by atoms with Crippen LogP contribution in [0.4, 0.5) is 5.69 Å². The van der Waals surface area contributed by atoms with Gasteiger partial charge in [0.15, 0.2) is 0 Å². The van der Waals surface area contributed by atoms with E-state index in [1.165, 1.54) is 31.6 Å². The summed E-state index contributed by atoms with van der Waals surface area (Å²) in [5, 5.41) is 0. The lowest BCUT2D eigenvalue weighted by molar-refractivity contribution is 0.127. The Morgan fingerprint density at radius 1 is 1.06 bits per heavy atom. The molecule has 0 radical (unpaired) electrons. The lowest BCUT2D eigenvalue weighted by Gasteiger charge is -2.34. The zero-order chi connectivity index (χ0) is 12.1. The number of nitrogens with zero attached hydrogens (tertiary/aromatic N) is 2. The molecule has 3 heteroatoms. The van der Waals surface area contributed by atoms with Gasteiger partial charge in [0.1, 0.15) is 0 Å². The van der Waals surface area contributed by atoms with Crippen molar-refractivity contribution in [3.63, 3.8) is 0 Å². The second-order valence-corrected chi connectivity index (χ2v) is 4.82. The Morgan fingerprint density at radius 3 is 2.35 bits per heavy atom. The Balaban J connectivity index is 1.84. The van der Waals surface area contributed by atoms with Gasteiger partial charge in [-0.3, -0.25) is 4.90 Å². The van der Waals surface area contributed by atoms with Crippen molar-refractivity contribution in [2.45, 2.75) is 19.9 Å². The van der Waals surface area contributed by atoms with Gasteiger partial charge in [-0.25, -0.2) is 0 Å². The van der Waals surface area contributed by atoms with Gasteiger partial charge < -0.3 is 10.6 Å². The van der Waals surface area contributed by atoms with Crippen LogP contribution in [0.25, 0.3) is 0 Å². The molecule has 0 unspecified atom stereocenters. The van der Waals surface area contributed by atoms with Gasteiger partial charge in [0, 0.05) is 38.4 Å². The van der Waals surface area contributed by atoms with E-state index in [1.807, 2.05) is 12.1 Å². The highest BCUT2D eigenvalue weighted by molar-refractivity contribution is 5.46. The van der Waals surface area contributed by atoms with E-state index < -0.39 is 0 Å². The van der Waals surface area contributed by atoms with Gasteiger partial charge in [-0.2, -0.15) is 0 Å². The number of anilines is 1. The smallest absolute Gasteiger partial charge is 0.0359 e. The summed E-state index contributed by atoms with van der Waals surface area (Å²) in [7, 11) is 0. The molecule has 0 aliphatic carbocycles. The molecule has 94 valence electrons. The van der Waals surface area contributed by atoms with Crippen molar-refractivity contribution in [2.24, 2.45) is 0 Å². The number of benzene rings is 1. The third kappa shape index (κ3) is 3.45. The van der Waals surface area contributed by atoms with Crippen LogP contribution in [0.5, 0.6) is 0 Å². The highest BCUT2D eigenvalue weighted by Crippen LogP contribution is 2.14. The van der Waals surface area contributed by atoms with Crippen LogP contribution in [0, 0.1) is 0 Å². The van der Waals surface area contributed by atoms with E-state index in [0.717, 1.165) is 25.3 Å². The molecular formula is C14H23N3. The summed E-state index contributed by atoms with van der Waals surface area (Å²) >= 11 is 0. The molecule has 1 saturated heterocycles. The minimum atomic E-state index is 0.920. The summed E-state index contributed by atoms with van der Waals surface area (Å²) in [4.78, 5) is 5.04.